The summed E-state index contributed by atoms with van der Waals surface area (Å²) in [5.41, 5.74) is 0. The van der Waals surface area contributed by atoms with E-state index in [1.807, 2.05) is 13.8 Å². The van der Waals surface area contributed by atoms with E-state index in [1.54, 1.807) is 0 Å². The summed E-state index contributed by atoms with van der Waals surface area (Å²) >= 11 is 0. The molecule has 0 rings (SSSR count). The molecule has 0 aliphatic heterocycles. The molecular weight excluding hydrogens is 160 g/mol. The molecule has 0 spiro atoms. The topological polar surface area (TPSA) is 74.6 Å². The van der Waals surface area contributed by atoms with E-state index in [1.165, 1.54) is 0 Å². The van der Waals surface area contributed by atoms with Gasteiger partial charge in [0.2, 0.25) is 0 Å². The second kappa shape index (κ2) is 16.2. The second-order valence-corrected chi connectivity index (χ2v) is 1.08. The largest absolute Gasteiger partial charge is 0.478 e. The Balaban J connectivity index is -0.000000112. The molecule has 12 heavy (non-hydrogen) atoms. The highest BCUT2D eigenvalue weighted by Gasteiger charge is 1.73. The van der Waals surface area contributed by atoms with Gasteiger partial charge in [-0.1, -0.05) is 27.0 Å². The van der Waals surface area contributed by atoms with Gasteiger partial charge in [-0.15, -0.1) is 0 Å². The van der Waals surface area contributed by atoms with Gasteiger partial charge in [-0.25, -0.2) is 9.59 Å². The molecule has 70 valence electrons. The third-order valence-electron chi connectivity index (χ3n) is 0.349. The molecule has 0 unspecified atom stereocenters. The maximum atomic E-state index is 9.25. The molecule has 0 aliphatic rings. The highest BCUT2D eigenvalue weighted by molar-refractivity contribution is 5.79. The summed E-state index contributed by atoms with van der Waals surface area (Å²) in [6, 6.07) is 0. The van der Waals surface area contributed by atoms with Crippen molar-refractivity contribution in [1.82, 2.24) is 0 Å². The van der Waals surface area contributed by atoms with Gasteiger partial charge in [-0.2, -0.15) is 0 Å². The third-order valence-corrected chi connectivity index (χ3v) is 0.349. The average molecular weight is 174 g/mol. The Labute approximate surface area is 71.8 Å². The lowest BCUT2D eigenvalue weighted by atomic mass is 10.7. The molecule has 0 aromatic rings. The Bertz CT molecular complexity index is 131. The summed E-state index contributed by atoms with van der Waals surface area (Å²) in [6.45, 7) is 9.92. The molecule has 0 saturated heterocycles. The standard InChI is InChI=1S/2C3H4O2.C2H6/c2*1-2-3(4)5;1-2/h2*2H,1H2,(H,4,5);1-2H3. The van der Waals surface area contributed by atoms with Gasteiger partial charge in [0.1, 0.15) is 0 Å². The second-order valence-electron chi connectivity index (χ2n) is 1.08. The van der Waals surface area contributed by atoms with E-state index >= 15 is 0 Å². The van der Waals surface area contributed by atoms with Crippen molar-refractivity contribution in [2.75, 3.05) is 0 Å². The summed E-state index contributed by atoms with van der Waals surface area (Å²) in [5.74, 6) is -1.96. The molecular formula is C8H14O4. The fourth-order valence-corrected chi connectivity index (χ4v) is 0. The quantitative estimate of drug-likeness (QED) is 0.622. The van der Waals surface area contributed by atoms with E-state index in [2.05, 4.69) is 13.2 Å². The van der Waals surface area contributed by atoms with Crippen LogP contribution in [0.4, 0.5) is 0 Å². The molecule has 0 amide bonds. The van der Waals surface area contributed by atoms with Crippen LogP contribution in [-0.2, 0) is 9.59 Å². The lowest BCUT2D eigenvalue weighted by Crippen LogP contribution is -1.82. The van der Waals surface area contributed by atoms with E-state index in [9.17, 15) is 9.59 Å². The average Bonchev–Trinajstić information content (AvgIpc) is 2.09. The monoisotopic (exact) mass is 174 g/mol. The summed E-state index contributed by atoms with van der Waals surface area (Å²) < 4.78 is 0. The first kappa shape index (κ1) is 16.8. The predicted octanol–water partition coefficient (Wildman–Crippen LogP) is 1.54. The van der Waals surface area contributed by atoms with Gasteiger partial charge in [0, 0.05) is 12.2 Å². The smallest absolute Gasteiger partial charge is 0.327 e. The van der Waals surface area contributed by atoms with Crippen molar-refractivity contribution in [3.8, 4) is 0 Å². The summed E-state index contributed by atoms with van der Waals surface area (Å²) in [6.07, 6.45) is 1.67. The number of carboxylic acids is 2. The summed E-state index contributed by atoms with van der Waals surface area (Å²) in [5, 5.41) is 15.2. The fourth-order valence-electron chi connectivity index (χ4n) is 0. The van der Waals surface area contributed by atoms with E-state index in [4.69, 9.17) is 10.2 Å². The Kier molecular flexibility index (Phi) is 22.7. The van der Waals surface area contributed by atoms with Crippen LogP contribution in [0.25, 0.3) is 0 Å². The van der Waals surface area contributed by atoms with Gasteiger partial charge in [-0.05, 0) is 0 Å². The van der Waals surface area contributed by atoms with Crippen molar-refractivity contribution >= 4 is 11.9 Å². The van der Waals surface area contributed by atoms with Gasteiger partial charge in [0.15, 0.2) is 0 Å². The minimum absolute atomic E-state index is 0.833. The van der Waals surface area contributed by atoms with E-state index in [0.717, 1.165) is 12.2 Å². The molecule has 0 heterocycles. The summed E-state index contributed by atoms with van der Waals surface area (Å²) in [4.78, 5) is 18.5. The van der Waals surface area contributed by atoms with Crippen molar-refractivity contribution in [3.63, 3.8) is 0 Å². The van der Waals surface area contributed by atoms with Crippen LogP contribution in [0.5, 0.6) is 0 Å². The number of carboxylic acid groups (broad SMARTS) is 2. The Hall–Kier alpha value is -1.58. The molecule has 0 radical (unpaired) electrons. The first-order chi connectivity index (χ1) is 5.54. The van der Waals surface area contributed by atoms with Crippen LogP contribution in [0, 0.1) is 0 Å². The fraction of sp³-hybridized carbons (Fsp3) is 0.250. The Morgan fingerprint density at radius 3 is 1.08 bits per heavy atom. The van der Waals surface area contributed by atoms with Crippen LogP contribution >= 0.6 is 0 Å². The van der Waals surface area contributed by atoms with Crippen LogP contribution in [0.1, 0.15) is 13.8 Å². The lowest BCUT2D eigenvalue weighted by molar-refractivity contribution is -0.132. The van der Waals surface area contributed by atoms with E-state index in [0.29, 0.717) is 0 Å². The highest BCUT2D eigenvalue weighted by atomic mass is 16.4. The van der Waals surface area contributed by atoms with Crippen LogP contribution < -0.4 is 0 Å². The van der Waals surface area contributed by atoms with Gasteiger partial charge in [0.25, 0.3) is 0 Å². The van der Waals surface area contributed by atoms with Crippen LogP contribution in [-0.4, -0.2) is 22.2 Å². The van der Waals surface area contributed by atoms with Gasteiger partial charge < -0.3 is 10.2 Å². The zero-order valence-corrected chi connectivity index (χ0v) is 7.28. The van der Waals surface area contributed by atoms with Crippen molar-refractivity contribution in [2.24, 2.45) is 0 Å². The minimum Gasteiger partial charge on any atom is -0.478 e. The van der Waals surface area contributed by atoms with Gasteiger partial charge in [-0.3, -0.25) is 0 Å². The molecule has 4 heteroatoms. The molecule has 0 fully saturated rings. The van der Waals surface area contributed by atoms with Crippen LogP contribution in [0.2, 0.25) is 0 Å². The Morgan fingerprint density at radius 2 is 1.08 bits per heavy atom. The molecule has 0 saturated carbocycles. The van der Waals surface area contributed by atoms with Crippen molar-refractivity contribution < 1.29 is 19.8 Å². The predicted molar refractivity (Wildman–Crippen MR) is 47.0 cm³/mol. The number of hydrogen-bond acceptors (Lipinski definition) is 2. The van der Waals surface area contributed by atoms with Crippen molar-refractivity contribution in [3.05, 3.63) is 25.3 Å². The number of rotatable bonds is 2. The minimum atomic E-state index is -0.981. The van der Waals surface area contributed by atoms with Crippen molar-refractivity contribution in [2.45, 2.75) is 13.8 Å². The van der Waals surface area contributed by atoms with Crippen molar-refractivity contribution in [1.29, 1.82) is 0 Å². The lowest BCUT2D eigenvalue weighted by Gasteiger charge is -1.64. The zero-order valence-electron chi connectivity index (χ0n) is 7.28. The number of carbonyl (C=O) groups is 2. The van der Waals surface area contributed by atoms with Gasteiger partial charge >= 0.3 is 11.9 Å². The normalized spacial score (nSPS) is 5.83. The molecule has 0 bridgehead atoms. The van der Waals surface area contributed by atoms with E-state index in [-0.39, 0.29) is 0 Å². The number of hydrogen-bond donors (Lipinski definition) is 2. The highest BCUT2D eigenvalue weighted by Crippen LogP contribution is 1.55. The SMILES string of the molecule is C=CC(=O)O.C=CC(=O)O.CC. The summed E-state index contributed by atoms with van der Waals surface area (Å²) in [7, 11) is 0. The van der Waals surface area contributed by atoms with Crippen LogP contribution in [0.15, 0.2) is 25.3 Å². The molecule has 0 aliphatic carbocycles. The molecule has 0 aromatic heterocycles. The molecule has 4 nitrogen and oxygen atoms in total. The maximum absolute atomic E-state index is 9.25. The third kappa shape index (κ3) is 79.2. The Morgan fingerprint density at radius 1 is 1.00 bits per heavy atom. The van der Waals surface area contributed by atoms with E-state index < -0.39 is 11.9 Å². The first-order valence-electron chi connectivity index (χ1n) is 3.25. The molecule has 2 N–H and O–H groups in total. The zero-order chi connectivity index (χ0) is 10.6. The first-order valence-corrected chi connectivity index (χ1v) is 3.25. The van der Waals surface area contributed by atoms with Crippen LogP contribution in [0.3, 0.4) is 0 Å². The van der Waals surface area contributed by atoms with Gasteiger partial charge in [0.05, 0.1) is 0 Å². The molecule has 0 atom stereocenters. The molecule has 0 aromatic carbocycles. The number of aliphatic carboxylic acids is 2. The maximum Gasteiger partial charge on any atom is 0.327 e.